The fraction of sp³-hybridized carbons (Fsp3) is 0.545. The summed E-state index contributed by atoms with van der Waals surface area (Å²) in [7, 11) is 0. The Morgan fingerprint density at radius 2 is 2.03 bits per heavy atom. The highest BCUT2D eigenvalue weighted by molar-refractivity contribution is 7.59. The van der Waals surface area contributed by atoms with Gasteiger partial charge in [0.1, 0.15) is 11.8 Å². The molecule has 2 aliphatic heterocycles. The highest BCUT2D eigenvalue weighted by Gasteiger charge is 2.47. The second kappa shape index (κ2) is 9.40. The van der Waals surface area contributed by atoms with Crippen LogP contribution in [0.2, 0.25) is 0 Å². The van der Waals surface area contributed by atoms with Gasteiger partial charge in [0.15, 0.2) is 0 Å². The first-order valence-corrected chi connectivity index (χ1v) is 10.5. The normalized spacial score (nSPS) is 21.9. The van der Waals surface area contributed by atoms with Gasteiger partial charge in [-0.3, -0.25) is 29.4 Å². The molecule has 168 valence electrons. The predicted molar refractivity (Wildman–Crippen MR) is 118 cm³/mol. The number of piperidine rings is 1. The van der Waals surface area contributed by atoms with Gasteiger partial charge in [0, 0.05) is 25.1 Å². The molecule has 2 saturated heterocycles. The molecule has 0 aromatic heterocycles. The number of rotatable bonds is 7. The zero-order valence-corrected chi connectivity index (χ0v) is 18.6. The van der Waals surface area contributed by atoms with Gasteiger partial charge in [-0.1, -0.05) is 0 Å². The van der Waals surface area contributed by atoms with Crippen molar-refractivity contribution in [1.29, 1.82) is 0 Å². The topological polar surface area (TPSA) is 105 Å². The minimum Gasteiger partial charge on any atom is -0.494 e. The van der Waals surface area contributed by atoms with Crippen molar-refractivity contribution in [3.63, 3.8) is 0 Å². The predicted octanol–water partition coefficient (Wildman–Crippen LogP) is 1.28. The van der Waals surface area contributed by atoms with Crippen molar-refractivity contribution in [3.8, 4) is 5.75 Å². The molecule has 4 amide bonds. The number of aryl methyl sites for hydroxylation is 1. The van der Waals surface area contributed by atoms with E-state index in [1.54, 1.807) is 25.1 Å². The van der Waals surface area contributed by atoms with Crippen molar-refractivity contribution in [2.24, 2.45) is 11.3 Å². The van der Waals surface area contributed by atoms with Gasteiger partial charge in [-0.05, 0) is 67.7 Å². The van der Waals surface area contributed by atoms with E-state index < -0.39 is 23.8 Å². The monoisotopic (exact) mass is 447 g/mol. The Labute approximate surface area is 188 Å². The zero-order chi connectivity index (χ0) is 21.3. The summed E-state index contributed by atoms with van der Waals surface area (Å²) in [6, 6.07) is 4.14. The maximum Gasteiger partial charge on any atom is 0.261 e. The quantitative estimate of drug-likeness (QED) is 0.482. The molecule has 31 heavy (non-hydrogen) atoms. The Kier molecular flexibility index (Phi) is 7.06. The summed E-state index contributed by atoms with van der Waals surface area (Å²) in [4.78, 5) is 48.6. The van der Waals surface area contributed by atoms with Gasteiger partial charge in [-0.25, -0.2) is 0 Å². The Balaban J connectivity index is 0.00000272. The first-order chi connectivity index (χ1) is 14.4. The van der Waals surface area contributed by atoms with Crippen LogP contribution in [0.4, 0.5) is 0 Å². The molecule has 2 heterocycles. The Morgan fingerprint density at radius 3 is 2.61 bits per heavy atom. The lowest BCUT2D eigenvalue weighted by atomic mass is 9.58. The lowest BCUT2D eigenvalue weighted by Crippen LogP contribution is -2.60. The number of nitrogens with one attached hydrogen (secondary N) is 2. The first-order valence-electron chi connectivity index (χ1n) is 10.5. The Morgan fingerprint density at radius 1 is 1.29 bits per heavy atom. The van der Waals surface area contributed by atoms with E-state index in [9.17, 15) is 19.2 Å². The molecule has 3 fully saturated rings. The molecule has 1 spiro atoms. The lowest BCUT2D eigenvalue weighted by Gasteiger charge is -2.54. The van der Waals surface area contributed by atoms with Crippen LogP contribution in [0.3, 0.4) is 0 Å². The van der Waals surface area contributed by atoms with Crippen molar-refractivity contribution in [2.45, 2.75) is 45.1 Å². The van der Waals surface area contributed by atoms with E-state index in [1.165, 1.54) is 12.8 Å². The van der Waals surface area contributed by atoms with E-state index in [0.717, 1.165) is 30.3 Å². The maximum absolute atomic E-state index is 12.9. The molecular weight excluding hydrogens is 418 g/mol. The molecular formula is C22H29N3O5S. The van der Waals surface area contributed by atoms with Crippen molar-refractivity contribution in [3.05, 3.63) is 29.3 Å². The highest BCUT2D eigenvalue weighted by Crippen LogP contribution is 2.49. The number of benzene rings is 1. The molecule has 0 bridgehead atoms. The summed E-state index contributed by atoms with van der Waals surface area (Å²) in [6.45, 7) is 4.70. The number of hydrogen-bond acceptors (Lipinski definition) is 6. The van der Waals surface area contributed by atoms with E-state index in [2.05, 4.69) is 10.6 Å². The molecule has 2 N–H and O–H groups in total. The molecule has 9 heteroatoms. The van der Waals surface area contributed by atoms with Crippen LogP contribution in [0.5, 0.6) is 5.75 Å². The van der Waals surface area contributed by atoms with Crippen LogP contribution < -0.4 is 15.4 Å². The summed E-state index contributed by atoms with van der Waals surface area (Å²) in [5.74, 6) is -0.170. The molecule has 4 rings (SSSR count). The van der Waals surface area contributed by atoms with Gasteiger partial charge in [0.05, 0.1) is 6.61 Å². The Hall–Kier alpha value is -2.39. The number of nitrogens with zero attached hydrogens (tertiary/aromatic N) is 1. The van der Waals surface area contributed by atoms with Crippen molar-refractivity contribution in [1.82, 2.24) is 15.5 Å². The van der Waals surface area contributed by atoms with Gasteiger partial charge in [-0.15, -0.1) is 0 Å². The van der Waals surface area contributed by atoms with Crippen LogP contribution in [0.25, 0.3) is 0 Å². The van der Waals surface area contributed by atoms with Gasteiger partial charge >= 0.3 is 0 Å². The summed E-state index contributed by atoms with van der Waals surface area (Å²) in [5, 5.41) is 5.52. The third-order valence-corrected chi connectivity index (χ3v) is 6.56. The number of imide groups is 2. The Bertz CT molecular complexity index is 878. The van der Waals surface area contributed by atoms with Gasteiger partial charge in [-0.2, -0.15) is 13.5 Å². The summed E-state index contributed by atoms with van der Waals surface area (Å²) in [5.41, 5.74) is 1.56. The van der Waals surface area contributed by atoms with Crippen LogP contribution in [-0.2, 0) is 14.4 Å². The van der Waals surface area contributed by atoms with Crippen LogP contribution in [0.15, 0.2) is 18.2 Å². The summed E-state index contributed by atoms with van der Waals surface area (Å²) in [6.07, 6.45) is 4.16. The average molecular weight is 448 g/mol. The average Bonchev–Trinajstić information content (AvgIpc) is 2.64. The molecule has 1 aromatic carbocycles. The molecule has 1 aliphatic carbocycles. The number of amides is 4. The number of ether oxygens (including phenoxy) is 1. The van der Waals surface area contributed by atoms with E-state index in [0.29, 0.717) is 35.3 Å². The minimum atomic E-state index is -0.973. The van der Waals surface area contributed by atoms with Gasteiger partial charge in [0.2, 0.25) is 18.2 Å². The molecule has 8 nitrogen and oxygen atoms in total. The number of carbonyl (C=O) groups excluding carboxylic acids is 4. The van der Waals surface area contributed by atoms with Crippen LogP contribution in [0.1, 0.15) is 48.0 Å². The molecule has 1 aromatic rings. The standard InChI is InChI=1S/C22H27N3O5.H2S/c1-14-8-16(30-7-6-15-9-22(10-15)11-23-12-22)2-3-17(14)21(29)25(13-26)18-4-5-19(27)24-20(18)28;/h2-3,8,13,15,18,23H,4-7,9-12H2,1H3,(H,24,27,28);1H2. The third kappa shape index (κ3) is 4.77. The third-order valence-electron chi connectivity index (χ3n) is 6.56. The van der Waals surface area contributed by atoms with Crippen molar-refractivity contribution < 1.29 is 23.9 Å². The molecule has 1 saturated carbocycles. The van der Waals surface area contributed by atoms with E-state index >= 15 is 0 Å². The van der Waals surface area contributed by atoms with E-state index in [1.807, 2.05) is 0 Å². The molecule has 1 unspecified atom stereocenters. The van der Waals surface area contributed by atoms with Crippen LogP contribution in [-0.4, -0.2) is 54.8 Å². The molecule has 0 radical (unpaired) electrons. The van der Waals surface area contributed by atoms with Gasteiger partial charge < -0.3 is 10.1 Å². The fourth-order valence-corrected chi connectivity index (χ4v) is 4.80. The van der Waals surface area contributed by atoms with Crippen molar-refractivity contribution in [2.75, 3.05) is 19.7 Å². The largest absolute Gasteiger partial charge is 0.494 e. The van der Waals surface area contributed by atoms with Crippen molar-refractivity contribution >= 4 is 37.6 Å². The minimum absolute atomic E-state index is 0. The van der Waals surface area contributed by atoms with Crippen LogP contribution >= 0.6 is 13.5 Å². The van der Waals surface area contributed by atoms with Gasteiger partial charge in [0.25, 0.3) is 5.91 Å². The van der Waals surface area contributed by atoms with E-state index in [4.69, 9.17) is 4.74 Å². The molecule has 3 aliphatic rings. The maximum atomic E-state index is 12.9. The zero-order valence-electron chi connectivity index (χ0n) is 17.6. The SMILES string of the molecule is Cc1cc(OCCC2CC3(CNC3)C2)ccc1C(=O)N(C=O)C1CCC(=O)NC1=O.S. The second-order valence-corrected chi connectivity index (χ2v) is 8.78. The highest BCUT2D eigenvalue weighted by atomic mass is 32.1. The van der Waals surface area contributed by atoms with E-state index in [-0.39, 0.29) is 26.3 Å². The smallest absolute Gasteiger partial charge is 0.261 e. The number of carbonyl (C=O) groups is 4. The van der Waals surface area contributed by atoms with Crippen LogP contribution in [0, 0.1) is 18.3 Å². The fourth-order valence-electron chi connectivity index (χ4n) is 4.80. The second-order valence-electron chi connectivity index (χ2n) is 8.78. The summed E-state index contributed by atoms with van der Waals surface area (Å²) < 4.78 is 5.87. The summed E-state index contributed by atoms with van der Waals surface area (Å²) >= 11 is 0. The lowest BCUT2D eigenvalue weighted by molar-refractivity contribution is -0.139. The first kappa shape index (κ1) is 23.3. The number of hydrogen-bond donors (Lipinski definition) is 2. The molecule has 1 atom stereocenters.